The van der Waals surface area contributed by atoms with Crippen LogP contribution in [0.3, 0.4) is 0 Å². The summed E-state index contributed by atoms with van der Waals surface area (Å²) in [5.41, 5.74) is 1.02. The number of rotatable bonds is 8. The molecule has 0 bridgehead atoms. The number of aliphatic hydroxyl groups is 1. The number of hydrogen-bond acceptors (Lipinski definition) is 6. The molecular formula is C37H47F3N4O5. The molecule has 4 atom stereocenters. The van der Waals surface area contributed by atoms with Crippen LogP contribution in [0.4, 0.5) is 29.3 Å². The van der Waals surface area contributed by atoms with Crippen LogP contribution in [0.15, 0.2) is 72.8 Å². The van der Waals surface area contributed by atoms with Crippen molar-refractivity contribution >= 4 is 23.3 Å². The highest BCUT2D eigenvalue weighted by molar-refractivity contribution is 6.02. The maximum atomic E-state index is 14.3. The molecular weight excluding hydrogens is 637 g/mol. The Bertz CT molecular complexity index is 1510. The number of amides is 3. The van der Waals surface area contributed by atoms with Crippen molar-refractivity contribution in [2.24, 2.45) is 5.92 Å². The topological polar surface area (TPSA) is 103 Å². The van der Waals surface area contributed by atoms with Gasteiger partial charge in [0.25, 0.3) is 5.91 Å². The summed E-state index contributed by atoms with van der Waals surface area (Å²) in [7, 11) is 2.05. The second-order valence-electron chi connectivity index (χ2n) is 12.8. The Kier molecular flexibility index (Phi) is 13.5. The maximum absolute atomic E-state index is 14.3. The van der Waals surface area contributed by atoms with Crippen molar-refractivity contribution in [3.63, 3.8) is 0 Å². The van der Waals surface area contributed by atoms with Crippen molar-refractivity contribution in [3.05, 3.63) is 89.5 Å². The number of nitrogens with zero attached hydrogens (tertiary/aromatic N) is 2. The summed E-state index contributed by atoms with van der Waals surface area (Å²) in [6, 6.07) is 17.8. The van der Waals surface area contributed by atoms with Crippen LogP contribution in [0.5, 0.6) is 5.75 Å². The minimum absolute atomic E-state index is 0.0989. The van der Waals surface area contributed by atoms with E-state index in [-0.39, 0.29) is 47.6 Å². The van der Waals surface area contributed by atoms with Gasteiger partial charge in [0.05, 0.1) is 36.0 Å². The second kappa shape index (κ2) is 17.5. The summed E-state index contributed by atoms with van der Waals surface area (Å²) in [4.78, 5) is 31.0. The van der Waals surface area contributed by atoms with Crippen molar-refractivity contribution < 1.29 is 37.3 Å². The van der Waals surface area contributed by atoms with E-state index in [4.69, 9.17) is 9.47 Å². The number of hydrogen-bond donors (Lipinski definition) is 3. The Morgan fingerprint density at radius 1 is 1.02 bits per heavy atom. The van der Waals surface area contributed by atoms with Gasteiger partial charge in [-0.15, -0.1) is 0 Å². The molecule has 0 aromatic heterocycles. The van der Waals surface area contributed by atoms with Gasteiger partial charge in [0.15, 0.2) is 0 Å². The lowest BCUT2D eigenvalue weighted by Gasteiger charge is -2.36. The van der Waals surface area contributed by atoms with Gasteiger partial charge in [0, 0.05) is 43.5 Å². The van der Waals surface area contributed by atoms with Crippen molar-refractivity contribution in [3.8, 4) is 5.75 Å². The van der Waals surface area contributed by atoms with Gasteiger partial charge in [-0.05, 0) is 88.2 Å². The fourth-order valence-electron chi connectivity index (χ4n) is 5.77. The lowest BCUT2D eigenvalue weighted by molar-refractivity contribution is -0.137. The predicted molar refractivity (Wildman–Crippen MR) is 184 cm³/mol. The molecule has 0 unspecified atom stereocenters. The van der Waals surface area contributed by atoms with Gasteiger partial charge < -0.3 is 30.1 Å². The van der Waals surface area contributed by atoms with Crippen LogP contribution in [0.1, 0.15) is 61.5 Å². The molecule has 0 radical (unpaired) electrons. The van der Waals surface area contributed by atoms with Gasteiger partial charge in [0.2, 0.25) is 0 Å². The molecule has 3 aromatic rings. The Labute approximate surface area is 286 Å². The molecule has 1 aliphatic rings. The number of benzene rings is 3. The monoisotopic (exact) mass is 684 g/mol. The number of halogens is 3. The van der Waals surface area contributed by atoms with Gasteiger partial charge in [-0.25, -0.2) is 4.79 Å². The Hall–Kier alpha value is -4.13. The Balaban J connectivity index is 1.57. The van der Waals surface area contributed by atoms with E-state index in [0.29, 0.717) is 25.4 Å². The highest BCUT2D eigenvalue weighted by Gasteiger charge is 2.31. The number of anilines is 2. The number of carbonyl (C=O) groups excluding carboxylic acids is 2. The summed E-state index contributed by atoms with van der Waals surface area (Å²) >= 11 is 0. The van der Waals surface area contributed by atoms with E-state index < -0.39 is 23.8 Å². The van der Waals surface area contributed by atoms with Crippen molar-refractivity contribution in [1.29, 1.82) is 0 Å². The molecule has 3 aromatic carbocycles. The van der Waals surface area contributed by atoms with Crippen molar-refractivity contribution in [1.82, 2.24) is 9.80 Å². The van der Waals surface area contributed by atoms with Crippen molar-refractivity contribution in [2.75, 3.05) is 44.0 Å². The van der Waals surface area contributed by atoms with Gasteiger partial charge >= 0.3 is 12.2 Å². The standard InChI is InChI=1S/C37H47F3N4O5/c1-25-21-44(26(2)24-45)35(46)32-20-31(42-36(47)41-30-15-13-29(14-16-30)37(38,39)40)17-18-33(32)49-27(3)10-8-9-19-48-34(25)23-43(4)22-28-11-6-5-7-12-28/h5-7,11-18,20,25-27,34,45H,8-10,19,21-24H2,1-4H3,(H2,41,42,47)/t25-,26-,27+,34+/m1/s1. The first-order valence-electron chi connectivity index (χ1n) is 16.7. The molecule has 0 fully saturated rings. The molecule has 0 spiro atoms. The molecule has 0 aliphatic carbocycles. The second-order valence-corrected chi connectivity index (χ2v) is 12.8. The molecule has 9 nitrogen and oxygen atoms in total. The number of alkyl halides is 3. The fourth-order valence-corrected chi connectivity index (χ4v) is 5.77. The summed E-state index contributed by atoms with van der Waals surface area (Å²) in [5.74, 6) is -0.129. The number of likely N-dealkylation sites (N-methyl/N-ethyl adjacent to an activating group) is 1. The lowest BCUT2D eigenvalue weighted by Crippen LogP contribution is -2.47. The zero-order valence-corrected chi connectivity index (χ0v) is 28.5. The zero-order valence-electron chi connectivity index (χ0n) is 28.5. The Morgan fingerprint density at radius 3 is 2.37 bits per heavy atom. The highest BCUT2D eigenvalue weighted by Crippen LogP contribution is 2.31. The Morgan fingerprint density at radius 2 is 1.69 bits per heavy atom. The van der Waals surface area contributed by atoms with E-state index in [1.54, 1.807) is 24.0 Å². The number of ether oxygens (including phenoxy) is 2. The maximum Gasteiger partial charge on any atom is 0.416 e. The quantitative estimate of drug-likeness (QED) is 0.231. The molecule has 4 rings (SSSR count). The first-order chi connectivity index (χ1) is 23.3. The van der Waals surface area contributed by atoms with Crippen LogP contribution in [-0.4, -0.2) is 78.4 Å². The predicted octanol–water partition coefficient (Wildman–Crippen LogP) is 7.28. The van der Waals surface area contributed by atoms with Crippen LogP contribution >= 0.6 is 0 Å². The van der Waals surface area contributed by atoms with E-state index in [1.165, 1.54) is 11.6 Å². The first-order valence-corrected chi connectivity index (χ1v) is 16.7. The highest BCUT2D eigenvalue weighted by atomic mass is 19.4. The van der Waals surface area contributed by atoms with Gasteiger partial charge in [-0.2, -0.15) is 13.2 Å². The molecule has 3 N–H and O–H groups in total. The van der Waals surface area contributed by atoms with Gasteiger partial charge in [-0.1, -0.05) is 37.3 Å². The van der Waals surface area contributed by atoms with Crippen LogP contribution < -0.4 is 15.4 Å². The zero-order chi connectivity index (χ0) is 35.6. The smallest absolute Gasteiger partial charge is 0.416 e. The van der Waals surface area contributed by atoms with Crippen LogP contribution in [0.2, 0.25) is 0 Å². The van der Waals surface area contributed by atoms with Crippen LogP contribution in [0.25, 0.3) is 0 Å². The summed E-state index contributed by atoms with van der Waals surface area (Å²) < 4.78 is 51.5. The molecule has 3 amide bonds. The van der Waals surface area contributed by atoms with E-state index in [0.717, 1.165) is 50.1 Å². The van der Waals surface area contributed by atoms with E-state index in [2.05, 4.69) is 27.7 Å². The largest absolute Gasteiger partial charge is 0.490 e. The summed E-state index contributed by atoms with van der Waals surface area (Å²) in [6.45, 7) is 7.74. The normalized spacial score (nSPS) is 20.1. The van der Waals surface area contributed by atoms with E-state index in [9.17, 15) is 27.9 Å². The molecule has 12 heteroatoms. The number of fused-ring (bicyclic) bond motifs is 1. The fraction of sp³-hybridized carbons (Fsp3) is 0.459. The third kappa shape index (κ3) is 11.2. The van der Waals surface area contributed by atoms with E-state index in [1.807, 2.05) is 39.1 Å². The number of urea groups is 1. The molecule has 1 heterocycles. The summed E-state index contributed by atoms with van der Waals surface area (Å²) in [6.07, 6.45) is -2.45. The van der Waals surface area contributed by atoms with Gasteiger partial charge in [0.1, 0.15) is 5.75 Å². The number of carbonyl (C=O) groups is 2. The third-order valence-electron chi connectivity index (χ3n) is 8.57. The molecule has 266 valence electrons. The molecule has 1 aliphatic heterocycles. The van der Waals surface area contributed by atoms with Crippen LogP contribution in [0, 0.1) is 5.92 Å². The third-order valence-corrected chi connectivity index (χ3v) is 8.57. The molecule has 0 saturated carbocycles. The first kappa shape index (κ1) is 37.7. The number of aliphatic hydroxyl groups excluding tert-OH is 1. The lowest BCUT2D eigenvalue weighted by atomic mass is 10.0. The molecule has 49 heavy (non-hydrogen) atoms. The average Bonchev–Trinajstić information content (AvgIpc) is 3.06. The van der Waals surface area contributed by atoms with E-state index >= 15 is 0 Å². The number of nitrogens with one attached hydrogen (secondary N) is 2. The SMILES string of the molecule is C[C@@H]1CN([C@H](C)CO)C(=O)c2cc(NC(=O)Nc3ccc(C(F)(F)F)cc3)ccc2O[C@@H](C)CCCCO[C@H]1CN(C)Cc1ccccc1. The van der Waals surface area contributed by atoms with Gasteiger partial charge in [-0.3, -0.25) is 9.69 Å². The van der Waals surface area contributed by atoms with Crippen LogP contribution in [-0.2, 0) is 17.5 Å². The summed E-state index contributed by atoms with van der Waals surface area (Å²) in [5, 5.41) is 15.4. The minimum atomic E-state index is -4.49. The average molecular weight is 685 g/mol. The van der Waals surface area contributed by atoms with Crippen molar-refractivity contribution in [2.45, 2.75) is 71.0 Å². The minimum Gasteiger partial charge on any atom is -0.490 e. The molecule has 0 saturated heterocycles.